The van der Waals surface area contributed by atoms with Crippen molar-refractivity contribution in [2.75, 3.05) is 0 Å². The molecule has 0 aliphatic heterocycles. The third kappa shape index (κ3) is 4.32. The fourth-order valence-electron chi connectivity index (χ4n) is 2.11. The van der Waals surface area contributed by atoms with Crippen LogP contribution in [0.25, 0.3) is 0 Å². The first-order valence-electron chi connectivity index (χ1n) is 7.37. The second-order valence-corrected chi connectivity index (χ2v) is 5.88. The Morgan fingerprint density at radius 3 is 2.36 bits per heavy atom. The van der Waals surface area contributed by atoms with Crippen molar-refractivity contribution in [2.24, 2.45) is 5.41 Å². The summed E-state index contributed by atoms with van der Waals surface area (Å²) in [4.78, 5) is 23.7. The number of carboxylic acids is 1. The van der Waals surface area contributed by atoms with Gasteiger partial charge in [-0.3, -0.25) is 9.59 Å². The van der Waals surface area contributed by atoms with Crippen molar-refractivity contribution < 1.29 is 14.7 Å². The number of carbonyl (C=O) groups is 2. The number of nitrogens with zero attached hydrogens (tertiary/aromatic N) is 1. The molecule has 0 aromatic heterocycles. The summed E-state index contributed by atoms with van der Waals surface area (Å²) in [7, 11) is 0. The highest BCUT2D eigenvalue weighted by Gasteiger charge is 2.37. The van der Waals surface area contributed by atoms with Gasteiger partial charge in [0.1, 0.15) is 0 Å². The van der Waals surface area contributed by atoms with Crippen molar-refractivity contribution in [1.29, 1.82) is 5.26 Å². The Kier molecular flexibility index (Phi) is 6.11. The molecule has 1 rings (SSSR count). The average molecular weight is 302 g/mol. The number of aliphatic carboxylic acids is 1. The summed E-state index contributed by atoms with van der Waals surface area (Å²) in [5, 5.41) is 21.0. The van der Waals surface area contributed by atoms with Gasteiger partial charge in [-0.25, -0.2) is 0 Å². The van der Waals surface area contributed by atoms with Crippen LogP contribution < -0.4 is 5.32 Å². The minimum Gasteiger partial charge on any atom is -0.481 e. The van der Waals surface area contributed by atoms with Crippen molar-refractivity contribution in [3.05, 3.63) is 35.4 Å². The van der Waals surface area contributed by atoms with Crippen molar-refractivity contribution in [2.45, 2.75) is 46.1 Å². The molecule has 0 aliphatic rings. The van der Waals surface area contributed by atoms with Crippen LogP contribution in [0.3, 0.4) is 0 Å². The number of nitrogens with one attached hydrogen (secondary N) is 1. The zero-order chi connectivity index (χ0) is 16.8. The molecular weight excluding hydrogens is 280 g/mol. The minimum absolute atomic E-state index is 0.320. The van der Waals surface area contributed by atoms with Gasteiger partial charge in [0.25, 0.3) is 5.91 Å². The van der Waals surface area contributed by atoms with E-state index in [-0.39, 0.29) is 5.91 Å². The van der Waals surface area contributed by atoms with E-state index in [1.807, 2.05) is 13.0 Å². The Balaban J connectivity index is 2.90. The van der Waals surface area contributed by atoms with Gasteiger partial charge in [0.05, 0.1) is 17.0 Å². The zero-order valence-electron chi connectivity index (χ0n) is 13.2. The molecule has 0 spiro atoms. The van der Waals surface area contributed by atoms with Crippen molar-refractivity contribution in [1.82, 2.24) is 5.32 Å². The van der Waals surface area contributed by atoms with Crippen LogP contribution in [0.2, 0.25) is 0 Å². The van der Waals surface area contributed by atoms with E-state index in [9.17, 15) is 14.7 Å². The van der Waals surface area contributed by atoms with Crippen LogP contribution in [0.15, 0.2) is 24.3 Å². The number of hydrogen-bond donors (Lipinski definition) is 2. The van der Waals surface area contributed by atoms with Gasteiger partial charge in [-0.05, 0) is 44.5 Å². The van der Waals surface area contributed by atoms with Gasteiger partial charge in [-0.2, -0.15) is 5.26 Å². The minimum atomic E-state index is -1.04. The molecule has 1 aromatic carbocycles. The summed E-state index contributed by atoms with van der Waals surface area (Å²) in [5.41, 5.74) is -0.149. The van der Waals surface area contributed by atoms with E-state index in [4.69, 9.17) is 5.26 Å². The fraction of sp³-hybridized carbons (Fsp3) is 0.471. The van der Waals surface area contributed by atoms with E-state index in [2.05, 4.69) is 5.32 Å². The number of carbonyl (C=O) groups excluding carboxylic acids is 1. The van der Waals surface area contributed by atoms with Crippen LogP contribution in [0.1, 0.15) is 56.0 Å². The average Bonchev–Trinajstić information content (AvgIpc) is 2.50. The molecule has 0 saturated carbocycles. The van der Waals surface area contributed by atoms with Crippen molar-refractivity contribution in [3.63, 3.8) is 0 Å². The molecule has 0 aliphatic carbocycles. The van der Waals surface area contributed by atoms with Gasteiger partial charge < -0.3 is 10.4 Å². The lowest BCUT2D eigenvalue weighted by Crippen LogP contribution is -2.48. The topological polar surface area (TPSA) is 90.2 Å². The molecule has 0 radical (unpaired) electrons. The van der Waals surface area contributed by atoms with Crippen LogP contribution in [0.4, 0.5) is 0 Å². The summed E-state index contributed by atoms with van der Waals surface area (Å²) in [6, 6.07) is 7.81. The first-order chi connectivity index (χ1) is 10.3. The standard InChI is InChI=1S/C17H22N2O3/c1-4-5-6-14(17(2,3)16(21)22)19-15(20)13-9-7-12(11-18)8-10-13/h7-10,14H,4-6H2,1-3H3,(H,19,20)(H,21,22)/t14-/m0/s1. The highest BCUT2D eigenvalue weighted by atomic mass is 16.4. The van der Waals surface area contributed by atoms with Gasteiger partial charge in [0, 0.05) is 11.6 Å². The Labute approximate surface area is 131 Å². The van der Waals surface area contributed by atoms with Crippen molar-refractivity contribution >= 4 is 11.9 Å². The summed E-state index contributed by atoms with van der Waals surface area (Å²) in [6.45, 7) is 5.26. The number of unbranched alkanes of at least 4 members (excludes halogenated alkanes) is 1. The SMILES string of the molecule is CCCC[C@H](NC(=O)c1ccc(C#N)cc1)C(C)(C)C(=O)O. The third-order valence-electron chi connectivity index (χ3n) is 3.85. The number of hydrogen-bond acceptors (Lipinski definition) is 3. The van der Waals surface area contributed by atoms with E-state index in [0.29, 0.717) is 17.5 Å². The largest absolute Gasteiger partial charge is 0.481 e. The Morgan fingerprint density at radius 2 is 1.91 bits per heavy atom. The van der Waals surface area contributed by atoms with Gasteiger partial charge >= 0.3 is 5.97 Å². The van der Waals surface area contributed by atoms with Crippen LogP contribution in [0.5, 0.6) is 0 Å². The normalized spacial score (nSPS) is 12.3. The predicted octanol–water partition coefficient (Wildman–Crippen LogP) is 2.96. The van der Waals surface area contributed by atoms with Gasteiger partial charge in [0.2, 0.25) is 0 Å². The molecule has 1 atom stereocenters. The molecule has 1 aromatic rings. The Bertz CT molecular complexity index is 571. The van der Waals surface area contributed by atoms with E-state index < -0.39 is 17.4 Å². The van der Waals surface area contributed by atoms with E-state index >= 15 is 0 Å². The zero-order valence-corrected chi connectivity index (χ0v) is 13.2. The van der Waals surface area contributed by atoms with Crippen LogP contribution >= 0.6 is 0 Å². The lowest BCUT2D eigenvalue weighted by atomic mass is 9.81. The first-order valence-corrected chi connectivity index (χ1v) is 7.37. The maximum atomic E-state index is 12.3. The van der Waals surface area contributed by atoms with Crippen LogP contribution in [-0.4, -0.2) is 23.0 Å². The third-order valence-corrected chi connectivity index (χ3v) is 3.85. The monoisotopic (exact) mass is 302 g/mol. The number of benzene rings is 1. The fourth-order valence-corrected chi connectivity index (χ4v) is 2.11. The second kappa shape index (κ2) is 7.60. The predicted molar refractivity (Wildman–Crippen MR) is 83.4 cm³/mol. The van der Waals surface area contributed by atoms with E-state index in [0.717, 1.165) is 12.8 Å². The van der Waals surface area contributed by atoms with Crippen LogP contribution in [-0.2, 0) is 4.79 Å². The Morgan fingerprint density at radius 1 is 1.32 bits per heavy atom. The first kappa shape index (κ1) is 17.7. The van der Waals surface area contributed by atoms with E-state index in [1.54, 1.807) is 38.1 Å². The highest BCUT2D eigenvalue weighted by Crippen LogP contribution is 2.25. The quantitative estimate of drug-likeness (QED) is 0.810. The lowest BCUT2D eigenvalue weighted by Gasteiger charge is -2.31. The smallest absolute Gasteiger partial charge is 0.311 e. The summed E-state index contributed by atoms with van der Waals surface area (Å²) < 4.78 is 0. The number of rotatable bonds is 7. The Hall–Kier alpha value is -2.35. The molecule has 0 fully saturated rings. The molecular formula is C17H22N2O3. The molecule has 5 heteroatoms. The highest BCUT2D eigenvalue weighted by molar-refractivity contribution is 5.95. The maximum Gasteiger partial charge on any atom is 0.311 e. The second-order valence-electron chi connectivity index (χ2n) is 5.88. The molecule has 118 valence electrons. The van der Waals surface area contributed by atoms with Gasteiger partial charge in [-0.1, -0.05) is 19.8 Å². The number of carboxylic acid groups (broad SMARTS) is 1. The van der Waals surface area contributed by atoms with Gasteiger partial charge in [-0.15, -0.1) is 0 Å². The van der Waals surface area contributed by atoms with Crippen molar-refractivity contribution in [3.8, 4) is 6.07 Å². The molecule has 0 heterocycles. The number of amides is 1. The molecule has 0 bridgehead atoms. The molecule has 0 unspecified atom stereocenters. The van der Waals surface area contributed by atoms with Crippen LogP contribution in [0, 0.1) is 16.7 Å². The lowest BCUT2D eigenvalue weighted by molar-refractivity contribution is -0.148. The molecule has 1 amide bonds. The maximum absolute atomic E-state index is 12.3. The summed E-state index contributed by atoms with van der Waals surface area (Å²) in [6.07, 6.45) is 2.38. The molecule has 2 N–H and O–H groups in total. The number of nitriles is 1. The summed E-state index contributed by atoms with van der Waals surface area (Å²) >= 11 is 0. The van der Waals surface area contributed by atoms with E-state index in [1.165, 1.54) is 0 Å². The van der Waals surface area contributed by atoms with Gasteiger partial charge in [0.15, 0.2) is 0 Å². The molecule has 0 saturated heterocycles. The molecule has 22 heavy (non-hydrogen) atoms. The molecule has 5 nitrogen and oxygen atoms in total. The summed E-state index contributed by atoms with van der Waals surface area (Å²) in [5.74, 6) is -1.26.